The molecule has 0 aliphatic heterocycles. The lowest BCUT2D eigenvalue weighted by molar-refractivity contribution is -0.130. The number of halogens is 1. The van der Waals surface area contributed by atoms with E-state index in [0.717, 1.165) is 12.1 Å². The van der Waals surface area contributed by atoms with Crippen molar-refractivity contribution in [3.8, 4) is 11.5 Å². The Kier molecular flexibility index (Phi) is 6.61. The number of nitrogens with one attached hydrogen (secondary N) is 1. The molecule has 0 unspecified atom stereocenters. The molecule has 0 aromatic heterocycles. The van der Waals surface area contributed by atoms with E-state index >= 15 is 0 Å². The largest absolute Gasteiger partial charge is 0.493 e. The topological polar surface area (TPSA) is 50.8 Å². The monoisotopic (exact) mass is 300 g/mol. The quantitative estimate of drug-likeness (QED) is 0.836. The second-order valence-corrected chi connectivity index (χ2v) is 4.87. The third kappa shape index (κ3) is 4.58. The molecule has 1 rings (SSSR count). The van der Waals surface area contributed by atoms with Crippen molar-refractivity contribution in [2.75, 3.05) is 34.4 Å². The predicted molar refractivity (Wildman–Crippen MR) is 79.6 cm³/mol. The maximum absolute atomic E-state index is 11.5. The molecule has 0 bridgehead atoms. The summed E-state index contributed by atoms with van der Waals surface area (Å²) < 4.78 is 10.8. The Morgan fingerprint density at radius 2 is 2.10 bits per heavy atom. The number of hydrogen-bond acceptors (Lipinski definition) is 4. The Labute approximate surface area is 124 Å². The van der Waals surface area contributed by atoms with Gasteiger partial charge in [-0.2, -0.15) is 0 Å². The first-order valence-electron chi connectivity index (χ1n) is 6.39. The molecule has 1 aromatic carbocycles. The van der Waals surface area contributed by atoms with Crippen molar-refractivity contribution in [1.29, 1.82) is 0 Å². The number of rotatable bonds is 7. The molecule has 0 atom stereocenters. The highest BCUT2D eigenvalue weighted by Gasteiger charge is 2.14. The van der Waals surface area contributed by atoms with Gasteiger partial charge in [0.1, 0.15) is 0 Å². The van der Waals surface area contributed by atoms with E-state index in [4.69, 9.17) is 21.1 Å². The lowest BCUT2D eigenvalue weighted by Crippen LogP contribution is -2.27. The van der Waals surface area contributed by atoms with E-state index in [1.165, 1.54) is 4.90 Å². The summed E-state index contributed by atoms with van der Waals surface area (Å²) in [5.74, 6) is 0.779. The Morgan fingerprint density at radius 1 is 1.40 bits per heavy atom. The number of methoxy groups -OCH3 is 1. The van der Waals surface area contributed by atoms with Gasteiger partial charge in [-0.15, -0.1) is 0 Å². The van der Waals surface area contributed by atoms with Crippen LogP contribution in [0.5, 0.6) is 11.5 Å². The van der Waals surface area contributed by atoms with Crippen LogP contribution in [0.2, 0.25) is 5.02 Å². The van der Waals surface area contributed by atoms with Crippen molar-refractivity contribution in [2.24, 2.45) is 0 Å². The third-order valence-corrected chi connectivity index (χ3v) is 2.99. The first-order chi connectivity index (χ1) is 9.49. The van der Waals surface area contributed by atoms with Gasteiger partial charge in [-0.05, 0) is 24.2 Å². The molecule has 1 N–H and O–H groups in total. The number of hydrogen-bond donors (Lipinski definition) is 1. The smallest absolute Gasteiger partial charge is 0.259 e. The second kappa shape index (κ2) is 7.97. The van der Waals surface area contributed by atoms with Crippen molar-refractivity contribution >= 4 is 17.5 Å². The predicted octanol–water partition coefficient (Wildman–Crippen LogP) is 1.93. The number of benzene rings is 1. The Hall–Kier alpha value is -1.46. The van der Waals surface area contributed by atoms with Crippen LogP contribution in [0.4, 0.5) is 0 Å². The van der Waals surface area contributed by atoms with Gasteiger partial charge in [0, 0.05) is 20.6 Å². The van der Waals surface area contributed by atoms with Crippen molar-refractivity contribution in [1.82, 2.24) is 10.2 Å². The molecule has 0 fully saturated rings. The molecule has 0 saturated heterocycles. The van der Waals surface area contributed by atoms with Gasteiger partial charge in [0.15, 0.2) is 18.1 Å². The zero-order valence-corrected chi connectivity index (χ0v) is 13.1. The number of carbonyl (C=O) groups excluding carboxylic acids is 1. The lowest BCUT2D eigenvalue weighted by atomic mass is 10.2. The van der Waals surface area contributed by atoms with Crippen LogP contribution in [0.25, 0.3) is 0 Å². The number of ether oxygens (including phenoxy) is 2. The summed E-state index contributed by atoms with van der Waals surface area (Å²) in [4.78, 5) is 13.0. The molecule has 6 heteroatoms. The van der Waals surface area contributed by atoms with Gasteiger partial charge in [-0.25, -0.2) is 0 Å². The molecular formula is C14H21ClN2O3. The van der Waals surface area contributed by atoms with E-state index in [0.29, 0.717) is 23.1 Å². The number of carbonyl (C=O) groups is 1. The van der Waals surface area contributed by atoms with E-state index in [1.54, 1.807) is 21.2 Å². The maximum Gasteiger partial charge on any atom is 0.259 e. The maximum atomic E-state index is 11.5. The average molecular weight is 301 g/mol. The van der Waals surface area contributed by atoms with E-state index < -0.39 is 0 Å². The number of amides is 1. The van der Waals surface area contributed by atoms with Crippen LogP contribution in [0.15, 0.2) is 12.1 Å². The molecule has 0 saturated carbocycles. The Morgan fingerprint density at radius 3 is 2.65 bits per heavy atom. The van der Waals surface area contributed by atoms with Crippen LogP contribution in [0, 0.1) is 0 Å². The van der Waals surface area contributed by atoms with Crippen LogP contribution < -0.4 is 14.8 Å². The van der Waals surface area contributed by atoms with Gasteiger partial charge in [0.25, 0.3) is 5.91 Å². The van der Waals surface area contributed by atoms with Crippen LogP contribution >= 0.6 is 11.6 Å². The normalized spacial score (nSPS) is 10.2. The molecule has 0 radical (unpaired) electrons. The summed E-state index contributed by atoms with van der Waals surface area (Å²) in [6, 6.07) is 3.66. The summed E-state index contributed by atoms with van der Waals surface area (Å²) in [6.45, 7) is 3.53. The molecule has 20 heavy (non-hydrogen) atoms. The molecule has 5 nitrogen and oxygen atoms in total. The van der Waals surface area contributed by atoms with E-state index in [2.05, 4.69) is 5.32 Å². The van der Waals surface area contributed by atoms with Crippen molar-refractivity contribution < 1.29 is 14.3 Å². The van der Waals surface area contributed by atoms with Crippen LogP contribution in [-0.4, -0.2) is 45.2 Å². The number of likely N-dealkylation sites (N-methyl/N-ethyl adjacent to an activating group) is 1. The first-order valence-corrected chi connectivity index (χ1v) is 6.77. The average Bonchev–Trinajstić information content (AvgIpc) is 2.42. The van der Waals surface area contributed by atoms with Crippen molar-refractivity contribution in [3.05, 3.63) is 22.7 Å². The molecule has 112 valence electrons. The lowest BCUT2D eigenvalue weighted by Gasteiger charge is -2.16. The fraction of sp³-hybridized carbons (Fsp3) is 0.500. The van der Waals surface area contributed by atoms with E-state index in [9.17, 15) is 4.79 Å². The zero-order chi connectivity index (χ0) is 15.1. The van der Waals surface area contributed by atoms with Gasteiger partial charge >= 0.3 is 0 Å². The molecule has 0 spiro atoms. The summed E-state index contributed by atoms with van der Waals surface area (Å²) >= 11 is 6.20. The van der Waals surface area contributed by atoms with Crippen molar-refractivity contribution in [3.63, 3.8) is 0 Å². The summed E-state index contributed by atoms with van der Waals surface area (Å²) in [5, 5.41) is 3.65. The van der Waals surface area contributed by atoms with E-state index in [1.807, 2.05) is 19.1 Å². The van der Waals surface area contributed by atoms with Gasteiger partial charge < -0.3 is 19.7 Å². The summed E-state index contributed by atoms with van der Waals surface area (Å²) in [5.41, 5.74) is 1.000. The van der Waals surface area contributed by atoms with Crippen LogP contribution in [-0.2, 0) is 11.3 Å². The minimum Gasteiger partial charge on any atom is -0.493 e. The molecule has 0 aliphatic carbocycles. The second-order valence-electron chi connectivity index (χ2n) is 4.47. The molecular weight excluding hydrogens is 280 g/mol. The standard InChI is InChI=1S/C14H21ClN2O3/c1-5-16-8-10-6-11(15)14(12(7-10)19-4)20-9-13(18)17(2)3/h6-7,16H,5,8-9H2,1-4H3. The summed E-state index contributed by atoms with van der Waals surface area (Å²) in [7, 11) is 4.89. The van der Waals surface area contributed by atoms with Gasteiger partial charge in [-0.1, -0.05) is 18.5 Å². The zero-order valence-electron chi connectivity index (χ0n) is 12.3. The highest BCUT2D eigenvalue weighted by Crippen LogP contribution is 2.36. The van der Waals surface area contributed by atoms with Crippen LogP contribution in [0.3, 0.4) is 0 Å². The first kappa shape index (κ1) is 16.6. The highest BCUT2D eigenvalue weighted by molar-refractivity contribution is 6.32. The van der Waals surface area contributed by atoms with Crippen LogP contribution in [0.1, 0.15) is 12.5 Å². The Balaban J connectivity index is 2.87. The van der Waals surface area contributed by atoms with E-state index in [-0.39, 0.29) is 12.5 Å². The van der Waals surface area contributed by atoms with Gasteiger partial charge in [-0.3, -0.25) is 4.79 Å². The van der Waals surface area contributed by atoms with Gasteiger partial charge in [0.2, 0.25) is 0 Å². The number of nitrogens with zero attached hydrogens (tertiary/aromatic N) is 1. The minimum absolute atomic E-state index is 0.0738. The molecule has 0 heterocycles. The third-order valence-electron chi connectivity index (χ3n) is 2.71. The Bertz CT molecular complexity index is 464. The molecule has 1 aromatic rings. The summed E-state index contributed by atoms with van der Waals surface area (Å²) in [6.07, 6.45) is 0. The molecule has 1 amide bonds. The molecule has 0 aliphatic rings. The SMILES string of the molecule is CCNCc1cc(Cl)c(OCC(=O)N(C)C)c(OC)c1. The van der Waals surface area contributed by atoms with Gasteiger partial charge in [0.05, 0.1) is 12.1 Å². The minimum atomic E-state index is -0.139. The van der Waals surface area contributed by atoms with Crippen molar-refractivity contribution in [2.45, 2.75) is 13.5 Å². The highest BCUT2D eigenvalue weighted by atomic mass is 35.5. The fourth-order valence-corrected chi connectivity index (χ4v) is 1.84. The fourth-order valence-electron chi connectivity index (χ4n) is 1.55.